The molecule has 3 aromatic heterocycles. The number of fused-ring (bicyclic) bond motifs is 1. The van der Waals surface area contributed by atoms with Crippen LogP contribution in [0, 0.1) is 19.7 Å². The first kappa shape index (κ1) is 24.7. The largest absolute Gasteiger partial charge is 0.436 e. The van der Waals surface area contributed by atoms with Gasteiger partial charge in [-0.15, -0.1) is 0 Å². The standard InChI is InChI=1S/C30H27FN6O2/c1-19-28(39-20(2)33-19)29(38)34-24-8-9-26(31)25(14-24)27-18-37-17-23(15-32-30(37)35-27)22-10-12-36(13-11-22)16-21-6-4-3-5-7-21/h3-10,14-15,17-18H,11-13,16H2,1-2H3,(H,34,38). The Morgan fingerprint density at radius 3 is 2.69 bits per heavy atom. The second-order valence-corrected chi connectivity index (χ2v) is 9.67. The number of anilines is 1. The molecular formula is C30H27FN6O2. The lowest BCUT2D eigenvalue weighted by atomic mass is 10.0. The molecular weight excluding hydrogens is 495 g/mol. The summed E-state index contributed by atoms with van der Waals surface area (Å²) >= 11 is 0. The quantitative estimate of drug-likeness (QED) is 0.309. The van der Waals surface area contributed by atoms with Crippen molar-refractivity contribution in [2.24, 2.45) is 0 Å². The number of nitrogens with one attached hydrogen (secondary N) is 1. The van der Waals surface area contributed by atoms with Gasteiger partial charge in [0.2, 0.25) is 11.5 Å². The van der Waals surface area contributed by atoms with Gasteiger partial charge >= 0.3 is 0 Å². The van der Waals surface area contributed by atoms with Crippen molar-refractivity contribution in [3.8, 4) is 11.3 Å². The minimum Gasteiger partial charge on any atom is -0.436 e. The lowest BCUT2D eigenvalue weighted by Crippen LogP contribution is -2.28. The molecule has 6 rings (SSSR count). The van der Waals surface area contributed by atoms with Gasteiger partial charge in [-0.25, -0.2) is 19.3 Å². The monoisotopic (exact) mass is 522 g/mol. The predicted octanol–water partition coefficient (Wildman–Crippen LogP) is 5.68. The van der Waals surface area contributed by atoms with E-state index in [1.54, 1.807) is 26.1 Å². The van der Waals surface area contributed by atoms with E-state index in [0.717, 1.165) is 31.6 Å². The van der Waals surface area contributed by atoms with Gasteiger partial charge in [-0.1, -0.05) is 36.4 Å². The van der Waals surface area contributed by atoms with Crippen LogP contribution in [0.15, 0.2) is 77.6 Å². The molecule has 39 heavy (non-hydrogen) atoms. The smallest absolute Gasteiger partial charge is 0.293 e. The van der Waals surface area contributed by atoms with E-state index in [9.17, 15) is 9.18 Å². The Balaban J connectivity index is 1.21. The zero-order valence-electron chi connectivity index (χ0n) is 21.7. The molecule has 0 unspecified atom stereocenters. The zero-order chi connectivity index (χ0) is 26.9. The molecule has 1 amide bonds. The van der Waals surface area contributed by atoms with Gasteiger partial charge in [0.25, 0.3) is 5.91 Å². The van der Waals surface area contributed by atoms with Gasteiger partial charge in [0.15, 0.2) is 5.89 Å². The van der Waals surface area contributed by atoms with Crippen molar-refractivity contribution in [3.05, 3.63) is 107 Å². The average molecular weight is 523 g/mol. The van der Waals surface area contributed by atoms with Crippen molar-refractivity contribution in [2.75, 3.05) is 18.4 Å². The fourth-order valence-electron chi connectivity index (χ4n) is 4.87. The van der Waals surface area contributed by atoms with Gasteiger partial charge in [0.05, 0.1) is 11.4 Å². The normalized spacial score (nSPS) is 14.0. The van der Waals surface area contributed by atoms with Crippen LogP contribution >= 0.6 is 0 Å². The van der Waals surface area contributed by atoms with Crippen molar-refractivity contribution in [1.82, 2.24) is 24.3 Å². The zero-order valence-corrected chi connectivity index (χ0v) is 21.7. The topological polar surface area (TPSA) is 88.6 Å². The summed E-state index contributed by atoms with van der Waals surface area (Å²) in [5.74, 6) is 0.106. The highest BCUT2D eigenvalue weighted by molar-refractivity contribution is 6.03. The van der Waals surface area contributed by atoms with Crippen LogP contribution in [0.2, 0.25) is 0 Å². The minimum atomic E-state index is -0.449. The number of carbonyl (C=O) groups is 1. The van der Waals surface area contributed by atoms with Gasteiger partial charge < -0.3 is 9.73 Å². The number of carbonyl (C=O) groups excluding carboxylic acids is 1. The number of aromatic nitrogens is 4. The number of benzene rings is 2. The third kappa shape index (κ3) is 5.21. The Kier molecular flexibility index (Phi) is 6.50. The lowest BCUT2D eigenvalue weighted by molar-refractivity contribution is 0.0994. The Bertz CT molecular complexity index is 1710. The Morgan fingerprint density at radius 2 is 1.95 bits per heavy atom. The number of halogens is 1. The maximum Gasteiger partial charge on any atom is 0.293 e. The summed E-state index contributed by atoms with van der Waals surface area (Å²) in [5, 5.41) is 2.75. The first-order valence-corrected chi connectivity index (χ1v) is 12.8. The third-order valence-corrected chi connectivity index (χ3v) is 6.83. The van der Waals surface area contributed by atoms with Crippen molar-refractivity contribution < 1.29 is 13.6 Å². The molecule has 2 aromatic carbocycles. The number of nitrogens with zero attached hydrogens (tertiary/aromatic N) is 5. The van der Waals surface area contributed by atoms with Gasteiger partial charge in [-0.05, 0) is 42.7 Å². The summed E-state index contributed by atoms with van der Waals surface area (Å²) in [6.45, 7) is 6.13. The molecule has 1 aliphatic heterocycles. The highest BCUT2D eigenvalue weighted by Gasteiger charge is 2.19. The van der Waals surface area contributed by atoms with Crippen LogP contribution < -0.4 is 5.32 Å². The molecule has 9 heteroatoms. The predicted molar refractivity (Wildman–Crippen MR) is 147 cm³/mol. The van der Waals surface area contributed by atoms with E-state index in [1.807, 2.05) is 22.9 Å². The first-order chi connectivity index (χ1) is 18.9. The maximum absolute atomic E-state index is 14.8. The molecule has 0 spiro atoms. The molecule has 0 saturated carbocycles. The lowest BCUT2D eigenvalue weighted by Gasteiger charge is -2.26. The van der Waals surface area contributed by atoms with E-state index in [1.165, 1.54) is 23.3 Å². The molecule has 4 heterocycles. The fourth-order valence-corrected chi connectivity index (χ4v) is 4.87. The maximum atomic E-state index is 14.8. The SMILES string of the molecule is Cc1nc(C)c(C(=O)Nc2ccc(F)c(-c3cn4cc(C5=CCN(Cc6ccccc6)CC5)cnc4n3)c2)o1. The van der Waals surface area contributed by atoms with E-state index >= 15 is 0 Å². The van der Waals surface area contributed by atoms with E-state index < -0.39 is 11.7 Å². The second kappa shape index (κ2) is 10.3. The van der Waals surface area contributed by atoms with Crippen molar-refractivity contribution in [2.45, 2.75) is 26.8 Å². The fraction of sp³-hybridized carbons (Fsp3) is 0.200. The molecule has 5 aromatic rings. The van der Waals surface area contributed by atoms with Gasteiger partial charge in [0.1, 0.15) is 5.82 Å². The first-order valence-electron chi connectivity index (χ1n) is 12.8. The van der Waals surface area contributed by atoms with Gasteiger partial charge in [-0.2, -0.15) is 0 Å². The number of imidazole rings is 1. The number of hydrogen-bond donors (Lipinski definition) is 1. The molecule has 8 nitrogen and oxygen atoms in total. The third-order valence-electron chi connectivity index (χ3n) is 6.83. The van der Waals surface area contributed by atoms with Crippen LogP contribution in [-0.4, -0.2) is 43.2 Å². The number of amides is 1. The number of rotatable bonds is 6. The van der Waals surface area contributed by atoms with Gasteiger partial charge in [0, 0.05) is 62.0 Å². The summed E-state index contributed by atoms with van der Waals surface area (Å²) in [6.07, 6.45) is 8.72. The van der Waals surface area contributed by atoms with Crippen molar-refractivity contribution in [3.63, 3.8) is 0 Å². The Hall–Kier alpha value is -4.63. The highest BCUT2D eigenvalue weighted by Crippen LogP contribution is 2.28. The van der Waals surface area contributed by atoms with Crippen LogP contribution in [0.4, 0.5) is 10.1 Å². The van der Waals surface area contributed by atoms with Gasteiger partial charge in [-0.3, -0.25) is 14.1 Å². The Labute approximate surface area is 224 Å². The molecule has 0 atom stereocenters. The summed E-state index contributed by atoms with van der Waals surface area (Å²) < 4.78 is 22.1. The van der Waals surface area contributed by atoms with Crippen LogP contribution in [0.1, 0.15) is 39.7 Å². The summed E-state index contributed by atoms with van der Waals surface area (Å²) in [5.41, 5.74) is 5.16. The second-order valence-electron chi connectivity index (χ2n) is 9.67. The van der Waals surface area contributed by atoms with Crippen LogP contribution in [0.25, 0.3) is 22.6 Å². The van der Waals surface area contributed by atoms with E-state index in [0.29, 0.717) is 28.7 Å². The molecule has 1 N–H and O–H groups in total. The molecule has 0 radical (unpaired) electrons. The highest BCUT2D eigenvalue weighted by atomic mass is 19.1. The summed E-state index contributed by atoms with van der Waals surface area (Å²) in [6, 6.07) is 14.8. The Morgan fingerprint density at radius 1 is 1.10 bits per heavy atom. The molecule has 0 aliphatic carbocycles. The minimum absolute atomic E-state index is 0.128. The molecule has 0 fully saturated rings. The van der Waals surface area contributed by atoms with E-state index in [2.05, 4.69) is 55.5 Å². The van der Waals surface area contributed by atoms with Crippen molar-refractivity contribution in [1.29, 1.82) is 0 Å². The summed E-state index contributed by atoms with van der Waals surface area (Å²) in [4.78, 5) is 28.2. The van der Waals surface area contributed by atoms with Crippen LogP contribution in [0.5, 0.6) is 0 Å². The van der Waals surface area contributed by atoms with Crippen molar-refractivity contribution >= 4 is 22.9 Å². The van der Waals surface area contributed by atoms with E-state index in [-0.39, 0.29) is 11.3 Å². The molecule has 0 bridgehead atoms. The van der Waals surface area contributed by atoms with Crippen LogP contribution in [-0.2, 0) is 6.54 Å². The molecule has 1 aliphatic rings. The van der Waals surface area contributed by atoms with Crippen LogP contribution in [0.3, 0.4) is 0 Å². The average Bonchev–Trinajstić information content (AvgIpc) is 3.52. The van der Waals surface area contributed by atoms with E-state index in [4.69, 9.17) is 4.42 Å². The summed E-state index contributed by atoms with van der Waals surface area (Å²) in [7, 11) is 0. The molecule has 0 saturated heterocycles. The number of hydrogen-bond acceptors (Lipinski definition) is 6. The number of oxazole rings is 1. The molecule has 196 valence electrons. The number of aryl methyl sites for hydroxylation is 2.